The Bertz CT molecular complexity index is 1170. The summed E-state index contributed by atoms with van der Waals surface area (Å²) in [6.45, 7) is 17.9. The van der Waals surface area contributed by atoms with Crippen molar-refractivity contribution in [1.82, 2.24) is 0 Å². The van der Waals surface area contributed by atoms with E-state index in [2.05, 4.69) is 38.7 Å². The second-order valence-corrected chi connectivity index (χ2v) is 21.6. The maximum Gasteiger partial charge on any atom is 0.389 e. The molecule has 242 valence electrons. The van der Waals surface area contributed by atoms with E-state index < -0.39 is 69.4 Å². The first-order valence-electron chi connectivity index (χ1n) is 14.4. The molecule has 1 aromatic rings. The highest BCUT2D eigenvalue weighted by Gasteiger charge is 2.55. The quantitative estimate of drug-likeness (QED) is 0.0965. The molecular weight excluding hydrogens is 613 g/mol. The van der Waals surface area contributed by atoms with Gasteiger partial charge in [-0.15, -0.1) is 0 Å². The second-order valence-electron chi connectivity index (χ2n) is 12.7. The second kappa shape index (κ2) is 14.4. The fourth-order valence-electron chi connectivity index (χ4n) is 4.63. The molecule has 0 bridgehead atoms. The van der Waals surface area contributed by atoms with Crippen LogP contribution in [0, 0.1) is 6.57 Å². The summed E-state index contributed by atoms with van der Waals surface area (Å²) in [5.41, 5.74) is -1.24. The van der Waals surface area contributed by atoms with Crippen LogP contribution in [0.5, 0.6) is 0 Å². The minimum atomic E-state index is -4.00. The first kappa shape index (κ1) is 36.2. The molecule has 0 aromatic heterocycles. The Balaban J connectivity index is 1.83. The Hall–Kier alpha value is -1.30. The number of rotatable bonds is 13. The predicted molar refractivity (Wildman–Crippen MR) is 166 cm³/mol. The monoisotopic (exact) mass is 659 g/mol. The molecule has 11 nitrogen and oxygen atoms in total. The lowest BCUT2D eigenvalue weighted by Crippen LogP contribution is -2.50. The zero-order chi connectivity index (χ0) is 32.2. The van der Waals surface area contributed by atoms with E-state index in [0.717, 1.165) is 11.4 Å². The van der Waals surface area contributed by atoms with Crippen LogP contribution in [0.25, 0.3) is 4.85 Å². The maximum absolute atomic E-state index is 14.3. The molecule has 0 amide bonds. The average Bonchev–Trinajstić information content (AvgIpc) is 3.33. The van der Waals surface area contributed by atoms with Crippen molar-refractivity contribution in [2.75, 3.05) is 25.5 Å². The zero-order valence-corrected chi connectivity index (χ0v) is 28.9. The van der Waals surface area contributed by atoms with Gasteiger partial charge in [0.1, 0.15) is 30.0 Å². The van der Waals surface area contributed by atoms with Crippen LogP contribution in [0.4, 0.5) is 0 Å². The Labute approximate surface area is 260 Å². The smallest absolute Gasteiger partial charge is 0.389 e. The topological polar surface area (TPSA) is 134 Å². The molecule has 3 unspecified atom stereocenters. The van der Waals surface area contributed by atoms with Crippen LogP contribution in [-0.2, 0) is 32.2 Å². The van der Waals surface area contributed by atoms with Gasteiger partial charge < -0.3 is 33.7 Å². The average molecular weight is 660 g/mol. The van der Waals surface area contributed by atoms with E-state index in [-0.39, 0.29) is 30.5 Å². The summed E-state index contributed by atoms with van der Waals surface area (Å²) >= 11 is 0.877. The van der Waals surface area contributed by atoms with Crippen LogP contribution in [0.2, 0.25) is 18.1 Å². The van der Waals surface area contributed by atoms with E-state index in [9.17, 15) is 19.6 Å². The summed E-state index contributed by atoms with van der Waals surface area (Å²) < 4.78 is 50.7. The summed E-state index contributed by atoms with van der Waals surface area (Å²) in [7, 11) is -2.37. The van der Waals surface area contributed by atoms with Crippen LogP contribution < -0.4 is 0 Å². The molecule has 1 aromatic carbocycles. The highest BCUT2D eigenvalue weighted by atomic mass is 32.7. The number of carbonyl (C=O) groups is 1. The number of hydrogen-bond acceptors (Lipinski definition) is 11. The Kier molecular flexibility index (Phi) is 12.1. The van der Waals surface area contributed by atoms with E-state index in [1.54, 1.807) is 44.2 Å². The van der Waals surface area contributed by atoms with E-state index in [1.165, 1.54) is 6.92 Å². The maximum atomic E-state index is 14.3. The normalized spacial score (nSPS) is 32.7. The number of carbonyl (C=O) groups excluding carboxylic acids is 1. The number of ether oxygens (including phenoxy) is 3. The fraction of sp³-hybridized carbons (Fsp3) is 0.724. The number of nitrogens with zero attached hydrogens (tertiary/aromatic N) is 1. The molecule has 0 radical (unpaired) electrons. The fourth-order valence-corrected chi connectivity index (χ4v) is 9.26. The van der Waals surface area contributed by atoms with Crippen molar-refractivity contribution in [3.8, 4) is 0 Å². The van der Waals surface area contributed by atoms with Gasteiger partial charge in [0.15, 0.2) is 14.4 Å². The van der Waals surface area contributed by atoms with Crippen molar-refractivity contribution in [1.29, 1.82) is 0 Å². The van der Waals surface area contributed by atoms with Gasteiger partial charge in [-0.25, -0.2) is 15.9 Å². The molecule has 3 rings (SSSR count). The van der Waals surface area contributed by atoms with Gasteiger partial charge in [-0.1, -0.05) is 39.0 Å². The van der Waals surface area contributed by atoms with Gasteiger partial charge in [-0.3, -0.25) is 9.05 Å². The molecule has 2 aliphatic heterocycles. The zero-order valence-electron chi connectivity index (χ0n) is 26.2. The first-order chi connectivity index (χ1) is 20.0. The Morgan fingerprint density at radius 3 is 2.40 bits per heavy atom. The lowest BCUT2D eigenvalue weighted by atomic mass is 9.93. The van der Waals surface area contributed by atoms with Crippen LogP contribution in [0.1, 0.15) is 51.9 Å². The third-order valence-electron chi connectivity index (χ3n) is 8.42. The summed E-state index contributed by atoms with van der Waals surface area (Å²) in [5.74, 6) is -0.469. The van der Waals surface area contributed by atoms with Crippen LogP contribution in [0.15, 0.2) is 30.3 Å². The van der Waals surface area contributed by atoms with Crippen molar-refractivity contribution in [3.05, 3.63) is 47.3 Å². The third-order valence-corrected chi connectivity index (χ3v) is 16.6. The van der Waals surface area contributed by atoms with Gasteiger partial charge in [0.25, 0.3) is 0 Å². The van der Waals surface area contributed by atoms with Crippen molar-refractivity contribution >= 4 is 32.5 Å². The van der Waals surface area contributed by atoms with Crippen molar-refractivity contribution in [3.63, 3.8) is 0 Å². The summed E-state index contributed by atoms with van der Waals surface area (Å²) in [5, 5.41) is 21.1. The van der Waals surface area contributed by atoms with Gasteiger partial charge >= 0.3 is 12.8 Å². The van der Waals surface area contributed by atoms with E-state index in [4.69, 9.17) is 34.3 Å². The summed E-state index contributed by atoms with van der Waals surface area (Å²) in [4.78, 5) is 16.2. The molecule has 2 heterocycles. The molecule has 14 heteroatoms. The molecule has 0 saturated carbocycles. The Morgan fingerprint density at radius 1 is 1.16 bits per heavy atom. The molecule has 2 fully saturated rings. The van der Waals surface area contributed by atoms with Gasteiger partial charge in [-0.2, -0.15) is 0 Å². The number of aliphatic hydroxyl groups is 2. The van der Waals surface area contributed by atoms with Crippen LogP contribution in [-0.4, -0.2) is 98.3 Å². The number of hydrogen-bond donors (Lipinski definition) is 2. The largest absolute Gasteiger partial charge is 0.453 e. The Morgan fingerprint density at radius 2 is 1.81 bits per heavy atom. The lowest BCUT2D eigenvalue weighted by Gasteiger charge is -2.40. The highest BCUT2D eigenvalue weighted by molar-refractivity contribution is 8.55. The number of benzene rings is 1. The molecule has 9 atom stereocenters. The molecule has 2 aliphatic rings. The van der Waals surface area contributed by atoms with Gasteiger partial charge in [-0.05, 0) is 62.4 Å². The molecule has 2 N–H and O–H groups in total. The van der Waals surface area contributed by atoms with Crippen molar-refractivity contribution in [2.45, 2.75) is 108 Å². The predicted octanol–water partition coefficient (Wildman–Crippen LogP) is 5.08. The lowest BCUT2D eigenvalue weighted by molar-refractivity contribution is -0.0693. The minimum absolute atomic E-state index is 0.0875. The molecular formula is C29H46NO10PSSi. The molecule has 0 spiro atoms. The van der Waals surface area contributed by atoms with Crippen molar-refractivity contribution < 1.29 is 47.3 Å². The van der Waals surface area contributed by atoms with Gasteiger partial charge in [0, 0.05) is 0 Å². The van der Waals surface area contributed by atoms with Gasteiger partial charge in [0.05, 0.1) is 36.7 Å². The van der Waals surface area contributed by atoms with Crippen LogP contribution in [0.3, 0.4) is 0 Å². The summed E-state index contributed by atoms with van der Waals surface area (Å²) in [6.07, 6.45) is -5.62. The minimum Gasteiger partial charge on any atom is -0.453 e. The van der Waals surface area contributed by atoms with Crippen LogP contribution >= 0.6 is 18.2 Å². The van der Waals surface area contributed by atoms with Crippen molar-refractivity contribution in [2.24, 2.45) is 0 Å². The highest BCUT2D eigenvalue weighted by Crippen LogP contribution is 2.63. The molecule has 43 heavy (non-hydrogen) atoms. The number of esters is 1. The molecule has 2 saturated heterocycles. The standard InChI is InChI=1S/C29H46NO10PSSi/c1-19-24(25(22(17-31)36-19)40-43(8,9)28(3,4)5)39-41(34,42-16-15-30-7)35-18-23-26(29(6,33)20(2)37-23)38-27(32)21-13-11-10-12-14-21/h10-14,19-20,22-26,31,33H,15-18H2,1-6,8-9H3/t19-,20-,22+,23+,24+,25?,26?,29+,41?/m0/s1. The SMILES string of the molecule is [C-]#[N+]CCSP(=O)(OC[C@H]1O[C@@H](C)[C@@](C)(O)C1OC(=O)c1ccccc1)O[C@H]1C(O[Si](C)(C)C(C)(C)C)[C@@H](CO)O[C@H]1C. The first-order valence-corrected chi connectivity index (χ1v) is 20.5. The number of aliphatic hydroxyl groups excluding tert-OH is 1. The third kappa shape index (κ3) is 8.70. The summed E-state index contributed by atoms with van der Waals surface area (Å²) in [6, 6.07) is 8.38. The van der Waals surface area contributed by atoms with E-state index in [0.29, 0.717) is 5.56 Å². The van der Waals surface area contributed by atoms with E-state index >= 15 is 0 Å². The van der Waals surface area contributed by atoms with Gasteiger partial charge in [0.2, 0.25) is 6.54 Å². The molecule has 0 aliphatic carbocycles. The van der Waals surface area contributed by atoms with E-state index in [1.807, 2.05) is 0 Å².